The van der Waals surface area contributed by atoms with E-state index in [1.807, 2.05) is 0 Å². The van der Waals surface area contributed by atoms with Gasteiger partial charge < -0.3 is 37.2 Å². The third-order valence-corrected chi connectivity index (χ3v) is 2.81. The van der Waals surface area contributed by atoms with Crippen molar-refractivity contribution in [1.82, 2.24) is 0 Å². The van der Waals surface area contributed by atoms with Gasteiger partial charge in [-0.05, 0) is 0 Å². The molecule has 0 aliphatic rings. The fraction of sp³-hybridized carbons (Fsp3) is 0.500. The Morgan fingerprint density at radius 1 is 0.714 bits per heavy atom. The molecule has 0 unspecified atom stereocenters. The van der Waals surface area contributed by atoms with Crippen LogP contribution < -0.4 is 37.2 Å². The van der Waals surface area contributed by atoms with Crippen molar-refractivity contribution >= 4 is 0 Å². The normalized spacial score (nSPS) is 7.50. The third-order valence-electron chi connectivity index (χ3n) is 2.81. The van der Waals surface area contributed by atoms with Crippen molar-refractivity contribution in [2.24, 2.45) is 0 Å². The van der Waals surface area contributed by atoms with Gasteiger partial charge in [-0.3, -0.25) is 0 Å². The van der Waals surface area contributed by atoms with Gasteiger partial charge in [-0.1, -0.05) is 34.6 Å². The molecule has 0 saturated carbocycles. The zero-order valence-corrected chi connectivity index (χ0v) is 13.0. The molecule has 1 aromatic rings. The average Bonchev–Trinajstić information content (AvgIpc) is 2.07. The monoisotopic (exact) mass is 288 g/mol. The van der Waals surface area contributed by atoms with Crippen LogP contribution in [0.25, 0.3) is 0 Å². The summed E-state index contributed by atoms with van der Waals surface area (Å²) in [5.74, 6) is 0. The van der Waals surface area contributed by atoms with E-state index < -0.39 is 0 Å². The van der Waals surface area contributed by atoms with Crippen LogP contribution in [0.5, 0.6) is 0 Å². The van der Waals surface area contributed by atoms with Crippen LogP contribution in [-0.2, 0) is 21.7 Å². The van der Waals surface area contributed by atoms with E-state index in [1.165, 1.54) is 27.8 Å². The van der Waals surface area contributed by atoms with Gasteiger partial charge >= 0.3 is 21.7 Å². The van der Waals surface area contributed by atoms with E-state index in [1.54, 1.807) is 0 Å². The maximum absolute atomic E-state index is 2.20. The molecule has 1 aromatic carbocycles. The summed E-state index contributed by atoms with van der Waals surface area (Å²) in [6.07, 6.45) is 0. The number of hydrogen-bond acceptors (Lipinski definition) is 0. The summed E-state index contributed by atoms with van der Waals surface area (Å²) in [6, 6.07) is 0. The molecule has 0 aromatic heterocycles. The average molecular weight is 289 g/mol. The smallest absolute Gasteiger partial charge is 1.00 e. The summed E-state index contributed by atoms with van der Waals surface area (Å²) >= 11 is 0. The van der Waals surface area contributed by atoms with Crippen LogP contribution in [0.1, 0.15) is 27.8 Å². The molecule has 81 valence electrons. The zero-order chi connectivity index (χ0) is 7.89. The Labute approximate surface area is 121 Å². The molecule has 1 rings (SSSR count). The van der Waals surface area contributed by atoms with Crippen molar-refractivity contribution in [2.45, 2.75) is 34.6 Å². The van der Waals surface area contributed by atoms with Gasteiger partial charge in [0.05, 0.1) is 0 Å². The summed E-state index contributed by atoms with van der Waals surface area (Å²) in [7, 11) is 0. The van der Waals surface area contributed by atoms with E-state index >= 15 is 0 Å². The molecule has 0 fully saturated rings. The minimum absolute atomic E-state index is 0. The largest absolute Gasteiger partial charge is 3.00 e. The topological polar surface area (TPSA) is 0 Å². The Kier molecular flexibility index (Phi) is 15.9. The first kappa shape index (κ1) is 24.3. The maximum Gasteiger partial charge on any atom is 3.00 e. The molecule has 0 saturated heterocycles. The third kappa shape index (κ3) is 4.20. The molecule has 14 heavy (non-hydrogen) atoms. The SMILES string of the molecule is Cc1c(C)c(C)[c-](C)c1C.[Cl-].[Cl-].[Cl-].[Ti+3]. The van der Waals surface area contributed by atoms with Crippen LogP contribution in [-0.4, -0.2) is 0 Å². The molecular formula is C10H15Cl3Ti-. The second kappa shape index (κ2) is 9.18. The van der Waals surface area contributed by atoms with Crippen LogP contribution in [0.3, 0.4) is 0 Å². The van der Waals surface area contributed by atoms with Gasteiger partial charge in [0.2, 0.25) is 0 Å². The van der Waals surface area contributed by atoms with E-state index in [0.717, 1.165) is 0 Å². The van der Waals surface area contributed by atoms with Crippen LogP contribution in [0.2, 0.25) is 0 Å². The molecule has 0 spiro atoms. The quantitative estimate of drug-likeness (QED) is 0.330. The van der Waals surface area contributed by atoms with E-state index in [9.17, 15) is 0 Å². The standard InChI is InChI=1S/C10H15.3ClH.Ti/c1-6-7(2)9(4)10(5)8(6)3;;;;/h1-5H3;3*1H;/q-1;;;;+3/p-3. The molecule has 0 bridgehead atoms. The molecular weight excluding hydrogens is 274 g/mol. The van der Waals surface area contributed by atoms with Gasteiger partial charge in [0.1, 0.15) is 0 Å². The second-order valence-electron chi connectivity index (χ2n) is 3.12. The molecule has 0 aliphatic heterocycles. The van der Waals surface area contributed by atoms with E-state index in [4.69, 9.17) is 0 Å². The summed E-state index contributed by atoms with van der Waals surface area (Å²) in [6.45, 7) is 11.0. The molecule has 0 N–H and O–H groups in total. The molecule has 0 nitrogen and oxygen atoms in total. The maximum atomic E-state index is 2.20. The number of rotatable bonds is 0. The van der Waals surface area contributed by atoms with Crippen LogP contribution in [0.15, 0.2) is 0 Å². The van der Waals surface area contributed by atoms with Crippen molar-refractivity contribution < 1.29 is 58.9 Å². The Morgan fingerprint density at radius 3 is 1.00 bits per heavy atom. The Bertz CT molecular complexity index is 187. The number of halogens is 3. The first-order valence-corrected chi connectivity index (χ1v) is 3.75. The van der Waals surface area contributed by atoms with Crippen molar-refractivity contribution in [1.29, 1.82) is 0 Å². The second-order valence-corrected chi connectivity index (χ2v) is 3.12. The summed E-state index contributed by atoms with van der Waals surface area (Å²) < 4.78 is 0. The predicted molar refractivity (Wildman–Crippen MR) is 45.7 cm³/mol. The summed E-state index contributed by atoms with van der Waals surface area (Å²) in [4.78, 5) is 0. The van der Waals surface area contributed by atoms with Gasteiger partial charge in [-0.25, -0.2) is 0 Å². The van der Waals surface area contributed by atoms with Crippen LogP contribution >= 0.6 is 0 Å². The first-order valence-electron chi connectivity index (χ1n) is 3.75. The fourth-order valence-electron chi connectivity index (χ4n) is 1.41. The van der Waals surface area contributed by atoms with Gasteiger partial charge in [0, 0.05) is 0 Å². The molecule has 1 radical (unpaired) electrons. The van der Waals surface area contributed by atoms with Gasteiger partial charge in [0.25, 0.3) is 0 Å². The minimum atomic E-state index is 0. The van der Waals surface area contributed by atoms with Crippen molar-refractivity contribution in [3.63, 3.8) is 0 Å². The summed E-state index contributed by atoms with van der Waals surface area (Å²) in [5, 5.41) is 0. The van der Waals surface area contributed by atoms with Crippen molar-refractivity contribution in [3.8, 4) is 0 Å². The zero-order valence-electron chi connectivity index (χ0n) is 9.13. The Morgan fingerprint density at radius 2 is 0.929 bits per heavy atom. The van der Waals surface area contributed by atoms with Crippen LogP contribution in [0, 0.1) is 34.6 Å². The van der Waals surface area contributed by atoms with Gasteiger partial charge in [0.15, 0.2) is 0 Å². The molecule has 0 heterocycles. The van der Waals surface area contributed by atoms with E-state index in [2.05, 4.69) is 34.6 Å². The van der Waals surface area contributed by atoms with Crippen LogP contribution in [0.4, 0.5) is 0 Å². The molecule has 0 atom stereocenters. The van der Waals surface area contributed by atoms with E-state index in [-0.39, 0.29) is 58.9 Å². The van der Waals surface area contributed by atoms with Gasteiger partial charge in [-0.2, -0.15) is 27.8 Å². The number of hydrogen-bond donors (Lipinski definition) is 0. The fourth-order valence-corrected chi connectivity index (χ4v) is 1.41. The molecule has 0 aliphatic carbocycles. The minimum Gasteiger partial charge on any atom is -1.00 e. The molecule has 0 amide bonds. The Hall–Kier alpha value is 0.934. The summed E-state index contributed by atoms with van der Waals surface area (Å²) in [5.41, 5.74) is 7.34. The van der Waals surface area contributed by atoms with Crippen molar-refractivity contribution in [3.05, 3.63) is 27.8 Å². The van der Waals surface area contributed by atoms with E-state index in [0.29, 0.717) is 0 Å². The molecule has 4 heteroatoms. The first-order chi connectivity index (χ1) is 4.55. The van der Waals surface area contributed by atoms with Gasteiger partial charge in [-0.15, -0.1) is 0 Å². The van der Waals surface area contributed by atoms with Crippen molar-refractivity contribution in [2.75, 3.05) is 0 Å². The Balaban J connectivity index is -0.000000125. The predicted octanol–water partition coefficient (Wildman–Crippen LogP) is -6.04.